The molecular weight excluding hydrogens is 899 g/mol. The molecule has 2 aromatic heterocycles. The summed E-state index contributed by atoms with van der Waals surface area (Å²) >= 11 is 2.00. The molecule has 0 saturated heterocycles. The van der Waals surface area contributed by atoms with Gasteiger partial charge < -0.3 is 5.11 Å². The van der Waals surface area contributed by atoms with Crippen LogP contribution in [0.3, 0.4) is 0 Å². The van der Waals surface area contributed by atoms with E-state index in [9.17, 15) is 9.90 Å². The van der Waals surface area contributed by atoms with Gasteiger partial charge in [0.15, 0.2) is 5.78 Å². The summed E-state index contributed by atoms with van der Waals surface area (Å²) in [7, 11) is -2.13. The molecule has 56 heavy (non-hydrogen) atoms. The van der Waals surface area contributed by atoms with Crippen molar-refractivity contribution in [1.82, 2.24) is 4.98 Å². The van der Waals surface area contributed by atoms with E-state index in [1.807, 2.05) is 45.2 Å². The van der Waals surface area contributed by atoms with E-state index in [1.54, 1.807) is 9.69 Å². The maximum absolute atomic E-state index is 11.7. The quantitative estimate of drug-likeness (QED) is 0.0587. The zero-order chi connectivity index (χ0) is 40.8. The molecule has 0 atom stereocenters. The number of aromatic nitrogens is 1. The number of hydrogen-bond acceptors (Lipinski definition) is 4. The Morgan fingerprint density at radius 2 is 1.34 bits per heavy atom. The number of carbonyl (C=O) groups is 1. The van der Waals surface area contributed by atoms with Crippen molar-refractivity contribution in [3.05, 3.63) is 102 Å². The normalized spacial score (nSPS) is 12.9. The SMILES string of the molecule is CC(C)(C)C[Si](CC(C)(C)C)(c1ccccc1)c1cc2ccnc(-c3[c-]c4ccccc4c(C(C)(C)C)c3)c2s1.CCC(CC)C(=O)/C=C(\O)C(CC)CC.[Ir]. The number of hydrogen-bond donors (Lipinski definition) is 1. The predicted octanol–water partition coefficient (Wildman–Crippen LogP) is 13.7. The average Bonchev–Trinajstić information content (AvgIpc) is 3.56. The smallest absolute Gasteiger partial charge is 0.162 e. The minimum Gasteiger partial charge on any atom is -0.512 e. The molecule has 2 heterocycles. The standard InChI is InChI=1S/C37H44NSSi.C13H24O2.Ir/c1-35(2,3)24-40(25-36(4,5)6,29-16-11-10-12-17-29)32-23-27-19-20-38-33(34(27)39-32)28-21-26-15-13-14-18-30(26)31(22-28)37(7,8)9;1-5-10(6-2)12(14)9-13(15)11(7-3)8-4;/h10-20,22-23H,24-25H2,1-9H3;9-11,14H,5-8H2,1-4H3;/q-1;;/b;12-9-;. The van der Waals surface area contributed by atoms with Crippen molar-refractivity contribution < 1.29 is 30.0 Å². The Hall–Kier alpha value is -2.89. The molecule has 1 radical (unpaired) electrons. The van der Waals surface area contributed by atoms with Crippen LogP contribution in [-0.4, -0.2) is 23.9 Å². The summed E-state index contributed by atoms with van der Waals surface area (Å²) in [6.45, 7) is 29.5. The summed E-state index contributed by atoms with van der Waals surface area (Å²) in [6, 6.07) is 33.4. The first-order chi connectivity index (χ1) is 25.8. The van der Waals surface area contributed by atoms with E-state index >= 15 is 0 Å². The second-order valence-corrected chi connectivity index (χ2v) is 24.4. The fourth-order valence-corrected chi connectivity index (χ4v) is 17.1. The summed E-state index contributed by atoms with van der Waals surface area (Å²) in [5, 5.41) is 15.1. The van der Waals surface area contributed by atoms with Crippen molar-refractivity contribution in [2.24, 2.45) is 22.7 Å². The Kier molecular flexibility index (Phi) is 16.7. The predicted molar refractivity (Wildman–Crippen MR) is 244 cm³/mol. The monoisotopic (exact) mass is 967 g/mol. The molecular formula is C50H68IrNO2SSi-. The molecule has 0 fully saturated rings. The molecule has 5 aromatic rings. The molecule has 3 nitrogen and oxygen atoms in total. The number of benzene rings is 3. The van der Waals surface area contributed by atoms with Gasteiger partial charge in [0.2, 0.25) is 0 Å². The van der Waals surface area contributed by atoms with Gasteiger partial charge in [-0.15, -0.1) is 29.1 Å². The minimum absolute atomic E-state index is 0. The summed E-state index contributed by atoms with van der Waals surface area (Å²) in [5.41, 5.74) is 3.97. The molecule has 0 bridgehead atoms. The second kappa shape index (κ2) is 19.7. The maximum Gasteiger partial charge on any atom is 0.162 e. The fraction of sp³-hybridized carbons (Fsp3) is 0.480. The number of allylic oxidation sites excluding steroid dienone is 2. The Bertz CT molecular complexity index is 2040. The number of carbonyl (C=O) groups excluding carboxylic acids is 1. The van der Waals surface area contributed by atoms with Crippen LogP contribution in [0.5, 0.6) is 0 Å². The first-order valence-electron chi connectivity index (χ1n) is 20.6. The molecule has 0 aliphatic carbocycles. The summed E-state index contributed by atoms with van der Waals surface area (Å²) in [6.07, 6.45) is 6.90. The number of fused-ring (bicyclic) bond motifs is 2. The molecule has 6 heteroatoms. The van der Waals surface area contributed by atoms with Crippen molar-refractivity contribution in [2.45, 2.75) is 133 Å². The Labute approximate surface area is 358 Å². The Morgan fingerprint density at radius 3 is 1.88 bits per heavy atom. The van der Waals surface area contributed by atoms with Gasteiger partial charge in [0.1, 0.15) is 8.07 Å². The van der Waals surface area contributed by atoms with Crippen molar-refractivity contribution in [1.29, 1.82) is 0 Å². The van der Waals surface area contributed by atoms with E-state index in [0.717, 1.165) is 42.3 Å². The van der Waals surface area contributed by atoms with Crippen LogP contribution in [0, 0.1) is 28.7 Å². The molecule has 0 aliphatic heterocycles. The van der Waals surface area contributed by atoms with Crippen LogP contribution in [-0.2, 0) is 30.3 Å². The summed E-state index contributed by atoms with van der Waals surface area (Å²) < 4.78 is 2.86. The van der Waals surface area contributed by atoms with Gasteiger partial charge in [-0.3, -0.25) is 9.78 Å². The van der Waals surface area contributed by atoms with Crippen molar-refractivity contribution in [2.75, 3.05) is 0 Å². The van der Waals surface area contributed by atoms with E-state index in [-0.39, 0.29) is 59.7 Å². The van der Waals surface area contributed by atoms with Crippen molar-refractivity contribution >= 4 is 55.7 Å². The first-order valence-corrected chi connectivity index (χ1v) is 23.8. The van der Waals surface area contributed by atoms with E-state index in [4.69, 9.17) is 4.98 Å². The van der Waals surface area contributed by atoms with E-state index in [1.165, 1.54) is 39.2 Å². The second-order valence-electron chi connectivity index (χ2n) is 19.0. The van der Waals surface area contributed by atoms with Gasteiger partial charge >= 0.3 is 0 Å². The minimum atomic E-state index is -2.13. The molecule has 0 amide bonds. The average molecular weight is 967 g/mol. The zero-order valence-corrected chi connectivity index (χ0v) is 40.7. The van der Waals surface area contributed by atoms with Gasteiger partial charge in [0.05, 0.1) is 5.76 Å². The van der Waals surface area contributed by atoms with Crippen LogP contribution in [0.2, 0.25) is 12.1 Å². The molecule has 5 rings (SSSR count). The number of thiophene rings is 1. The van der Waals surface area contributed by atoms with Gasteiger partial charge in [-0.2, -0.15) is 11.3 Å². The van der Waals surface area contributed by atoms with Crippen LogP contribution >= 0.6 is 11.3 Å². The van der Waals surface area contributed by atoms with Crippen LogP contribution in [0.15, 0.2) is 90.8 Å². The summed E-state index contributed by atoms with van der Waals surface area (Å²) in [4.78, 5) is 16.7. The third kappa shape index (κ3) is 11.8. The van der Waals surface area contributed by atoms with Gasteiger partial charge in [0, 0.05) is 54.6 Å². The Balaban J connectivity index is 0.000000448. The maximum atomic E-state index is 11.7. The number of rotatable bonds is 12. The molecule has 0 unspecified atom stereocenters. The molecule has 305 valence electrons. The molecule has 3 aromatic carbocycles. The van der Waals surface area contributed by atoms with Gasteiger partial charge in [-0.1, -0.05) is 155 Å². The van der Waals surface area contributed by atoms with Crippen LogP contribution < -0.4 is 9.69 Å². The van der Waals surface area contributed by atoms with Gasteiger partial charge in [-0.05, 0) is 76.0 Å². The topological polar surface area (TPSA) is 50.2 Å². The molecule has 0 spiro atoms. The number of pyridine rings is 1. The molecule has 0 saturated carbocycles. The number of aliphatic hydroxyl groups is 1. The fourth-order valence-electron chi connectivity index (χ4n) is 8.30. The largest absolute Gasteiger partial charge is 0.512 e. The van der Waals surface area contributed by atoms with Crippen molar-refractivity contribution in [3.8, 4) is 11.3 Å². The van der Waals surface area contributed by atoms with Crippen molar-refractivity contribution in [3.63, 3.8) is 0 Å². The van der Waals surface area contributed by atoms with E-state index < -0.39 is 8.07 Å². The number of ketones is 1. The van der Waals surface area contributed by atoms with Gasteiger partial charge in [-0.25, -0.2) is 0 Å². The first kappa shape index (κ1) is 47.5. The third-order valence-electron chi connectivity index (χ3n) is 10.8. The number of aliphatic hydroxyl groups excluding tert-OH is 1. The van der Waals surface area contributed by atoms with Gasteiger partial charge in [0.25, 0.3) is 0 Å². The zero-order valence-electron chi connectivity index (χ0n) is 36.5. The van der Waals surface area contributed by atoms with Crippen LogP contribution in [0.1, 0.15) is 121 Å². The number of nitrogens with zero attached hydrogens (tertiary/aromatic N) is 1. The van der Waals surface area contributed by atoms with Crippen LogP contribution in [0.25, 0.3) is 32.1 Å². The molecule has 0 aliphatic rings. The third-order valence-corrected chi connectivity index (χ3v) is 19.1. The van der Waals surface area contributed by atoms with E-state index in [2.05, 4.69) is 141 Å². The molecule has 1 N–H and O–H groups in total. The van der Waals surface area contributed by atoms with Crippen LogP contribution in [0.4, 0.5) is 0 Å². The Morgan fingerprint density at radius 1 is 0.786 bits per heavy atom. The summed E-state index contributed by atoms with van der Waals surface area (Å²) in [5.74, 6) is 0.547. The van der Waals surface area contributed by atoms with E-state index in [0.29, 0.717) is 0 Å².